The van der Waals surface area contributed by atoms with Crippen molar-refractivity contribution in [1.29, 1.82) is 0 Å². The van der Waals surface area contributed by atoms with E-state index in [0.717, 1.165) is 26.1 Å². The molecule has 0 spiro atoms. The van der Waals surface area contributed by atoms with Crippen molar-refractivity contribution in [2.45, 2.75) is 65.5 Å². The molecule has 0 aromatic heterocycles. The van der Waals surface area contributed by atoms with Gasteiger partial charge in [-0.25, -0.2) is 0 Å². The second kappa shape index (κ2) is 7.24. The smallest absolute Gasteiger partial charge is 0.0599 e. The molecule has 20 heavy (non-hydrogen) atoms. The van der Waals surface area contributed by atoms with Gasteiger partial charge in [0.2, 0.25) is 0 Å². The fourth-order valence-electron chi connectivity index (χ4n) is 1.94. The van der Waals surface area contributed by atoms with E-state index >= 15 is 0 Å². The lowest BCUT2D eigenvalue weighted by molar-refractivity contribution is -0.000885. The molecule has 0 radical (unpaired) electrons. The Morgan fingerprint density at radius 2 is 1.60 bits per heavy atom. The van der Waals surface area contributed by atoms with Crippen molar-refractivity contribution in [1.82, 2.24) is 5.32 Å². The molecule has 1 aromatic rings. The van der Waals surface area contributed by atoms with Crippen LogP contribution in [0.15, 0.2) is 24.3 Å². The summed E-state index contributed by atoms with van der Waals surface area (Å²) in [5.41, 5.74) is 2.97. The molecular formula is C18H31NO. The Morgan fingerprint density at radius 1 is 1.00 bits per heavy atom. The van der Waals surface area contributed by atoms with Crippen LogP contribution < -0.4 is 5.32 Å². The summed E-state index contributed by atoms with van der Waals surface area (Å²) < 4.78 is 5.68. The van der Waals surface area contributed by atoms with Gasteiger partial charge in [-0.3, -0.25) is 0 Å². The molecule has 2 heteroatoms. The van der Waals surface area contributed by atoms with Gasteiger partial charge in [-0.2, -0.15) is 0 Å². The van der Waals surface area contributed by atoms with E-state index in [4.69, 9.17) is 4.74 Å². The molecule has 0 aliphatic carbocycles. The lowest BCUT2D eigenvalue weighted by atomic mass is 9.82. The molecule has 0 saturated heterocycles. The van der Waals surface area contributed by atoms with Crippen molar-refractivity contribution in [2.24, 2.45) is 0 Å². The lowest BCUT2D eigenvalue weighted by Crippen LogP contribution is -2.26. The van der Waals surface area contributed by atoms with Gasteiger partial charge in [0.1, 0.15) is 0 Å². The molecule has 0 fully saturated rings. The highest BCUT2D eigenvalue weighted by Gasteiger charge is 2.17. The highest BCUT2D eigenvalue weighted by molar-refractivity contribution is 5.27. The Morgan fingerprint density at radius 3 is 2.10 bits per heavy atom. The normalized spacial score (nSPS) is 12.7. The van der Waals surface area contributed by atoms with E-state index in [0.29, 0.717) is 0 Å². The fourth-order valence-corrected chi connectivity index (χ4v) is 1.94. The lowest BCUT2D eigenvalue weighted by Gasteiger charge is -2.23. The van der Waals surface area contributed by atoms with Crippen LogP contribution in [0.1, 0.15) is 59.1 Å². The maximum absolute atomic E-state index is 5.68. The SMILES string of the molecule is CCC(C)(C)c1ccc(CNCCOC(C)(C)C)cc1. The minimum Gasteiger partial charge on any atom is -0.375 e. The van der Waals surface area contributed by atoms with Crippen molar-refractivity contribution in [2.75, 3.05) is 13.2 Å². The second-order valence-corrected chi connectivity index (χ2v) is 7.07. The van der Waals surface area contributed by atoms with Crippen molar-refractivity contribution in [3.8, 4) is 0 Å². The monoisotopic (exact) mass is 277 g/mol. The quantitative estimate of drug-likeness (QED) is 0.751. The van der Waals surface area contributed by atoms with Gasteiger partial charge in [-0.15, -0.1) is 0 Å². The predicted octanol–water partition coefficient (Wildman–Crippen LogP) is 4.28. The van der Waals surface area contributed by atoms with Gasteiger partial charge < -0.3 is 10.1 Å². The van der Waals surface area contributed by atoms with E-state index in [1.54, 1.807) is 0 Å². The third-order valence-electron chi connectivity index (χ3n) is 3.76. The molecular weight excluding hydrogens is 246 g/mol. The molecule has 0 bridgehead atoms. The van der Waals surface area contributed by atoms with E-state index < -0.39 is 0 Å². The Bertz CT molecular complexity index is 387. The summed E-state index contributed by atoms with van der Waals surface area (Å²) in [5.74, 6) is 0. The number of nitrogens with one attached hydrogen (secondary N) is 1. The van der Waals surface area contributed by atoms with Crippen molar-refractivity contribution < 1.29 is 4.74 Å². The molecule has 1 rings (SSSR count). The molecule has 1 N–H and O–H groups in total. The standard InChI is InChI=1S/C18H31NO/c1-7-18(5,6)16-10-8-15(9-11-16)14-19-12-13-20-17(2,3)4/h8-11,19H,7,12-14H2,1-6H3. The topological polar surface area (TPSA) is 21.3 Å². The molecule has 2 nitrogen and oxygen atoms in total. The van der Waals surface area contributed by atoms with Crippen LogP contribution in [0.5, 0.6) is 0 Å². The highest BCUT2D eigenvalue weighted by atomic mass is 16.5. The molecule has 0 unspecified atom stereocenters. The molecule has 0 heterocycles. The Kier molecular flexibility index (Phi) is 6.22. The summed E-state index contributed by atoms with van der Waals surface area (Å²) in [6, 6.07) is 8.97. The van der Waals surface area contributed by atoms with Crippen molar-refractivity contribution in [3.63, 3.8) is 0 Å². The zero-order valence-electron chi connectivity index (χ0n) is 14.0. The first-order valence-corrected chi connectivity index (χ1v) is 7.69. The predicted molar refractivity (Wildman–Crippen MR) is 87.2 cm³/mol. The maximum Gasteiger partial charge on any atom is 0.0599 e. The van der Waals surface area contributed by atoms with Gasteiger partial charge in [-0.1, -0.05) is 45.0 Å². The number of rotatable bonds is 7. The van der Waals surface area contributed by atoms with Crippen LogP contribution in [-0.2, 0) is 16.7 Å². The van der Waals surface area contributed by atoms with Crippen LogP contribution in [-0.4, -0.2) is 18.8 Å². The molecule has 0 aliphatic heterocycles. The second-order valence-electron chi connectivity index (χ2n) is 7.07. The number of benzene rings is 1. The van der Waals surface area contributed by atoms with Crippen LogP contribution >= 0.6 is 0 Å². The minimum atomic E-state index is -0.0466. The van der Waals surface area contributed by atoms with E-state index in [1.165, 1.54) is 11.1 Å². The third kappa shape index (κ3) is 6.06. The summed E-state index contributed by atoms with van der Waals surface area (Å²) in [6.07, 6.45) is 1.16. The zero-order chi connectivity index (χ0) is 15.2. The zero-order valence-corrected chi connectivity index (χ0v) is 14.0. The minimum absolute atomic E-state index is 0.0466. The average molecular weight is 277 g/mol. The molecule has 0 atom stereocenters. The molecule has 114 valence electrons. The van der Waals surface area contributed by atoms with E-state index in [1.807, 2.05) is 0 Å². The van der Waals surface area contributed by atoms with Gasteiger partial charge >= 0.3 is 0 Å². The van der Waals surface area contributed by atoms with E-state index in [9.17, 15) is 0 Å². The summed E-state index contributed by atoms with van der Waals surface area (Å²) >= 11 is 0. The molecule has 0 saturated carbocycles. The first-order chi connectivity index (χ1) is 9.24. The van der Waals surface area contributed by atoms with Gasteiger partial charge in [0.15, 0.2) is 0 Å². The molecule has 0 aliphatic rings. The highest BCUT2D eigenvalue weighted by Crippen LogP contribution is 2.26. The third-order valence-corrected chi connectivity index (χ3v) is 3.76. The number of hydrogen-bond donors (Lipinski definition) is 1. The molecule has 0 amide bonds. The van der Waals surface area contributed by atoms with E-state index in [2.05, 4.69) is 71.1 Å². The maximum atomic E-state index is 5.68. The van der Waals surface area contributed by atoms with Crippen LogP contribution in [0, 0.1) is 0 Å². The van der Waals surface area contributed by atoms with Gasteiger partial charge in [0.25, 0.3) is 0 Å². The summed E-state index contributed by atoms with van der Waals surface area (Å²) in [7, 11) is 0. The van der Waals surface area contributed by atoms with Crippen LogP contribution in [0.4, 0.5) is 0 Å². The summed E-state index contributed by atoms with van der Waals surface area (Å²) in [5, 5.41) is 3.42. The van der Waals surface area contributed by atoms with Crippen LogP contribution in [0.2, 0.25) is 0 Å². The Labute approximate surface area is 124 Å². The Hall–Kier alpha value is -0.860. The number of ether oxygens (including phenoxy) is 1. The van der Waals surface area contributed by atoms with E-state index in [-0.39, 0.29) is 11.0 Å². The number of hydrogen-bond acceptors (Lipinski definition) is 2. The summed E-state index contributed by atoms with van der Waals surface area (Å²) in [6.45, 7) is 15.6. The first-order valence-electron chi connectivity index (χ1n) is 7.69. The van der Waals surface area contributed by atoms with Crippen molar-refractivity contribution in [3.05, 3.63) is 35.4 Å². The van der Waals surface area contributed by atoms with Crippen LogP contribution in [0.3, 0.4) is 0 Å². The largest absolute Gasteiger partial charge is 0.375 e. The van der Waals surface area contributed by atoms with Gasteiger partial charge in [-0.05, 0) is 43.7 Å². The molecule has 1 aromatic carbocycles. The summed E-state index contributed by atoms with van der Waals surface area (Å²) in [4.78, 5) is 0. The van der Waals surface area contributed by atoms with Crippen molar-refractivity contribution >= 4 is 0 Å². The fraction of sp³-hybridized carbons (Fsp3) is 0.667. The van der Waals surface area contributed by atoms with Gasteiger partial charge in [0.05, 0.1) is 12.2 Å². The average Bonchev–Trinajstić information content (AvgIpc) is 2.37. The van der Waals surface area contributed by atoms with Gasteiger partial charge in [0, 0.05) is 13.1 Å². The Balaban J connectivity index is 2.36. The van der Waals surface area contributed by atoms with Crippen LogP contribution in [0.25, 0.3) is 0 Å². The first kappa shape index (κ1) is 17.2.